The Labute approximate surface area is 171 Å². The zero-order chi connectivity index (χ0) is 21.0. The molecule has 0 aliphatic carbocycles. The molecule has 3 rings (SSSR count). The Hall–Kier alpha value is -2.39. The number of ether oxygens (including phenoxy) is 1. The summed E-state index contributed by atoms with van der Waals surface area (Å²) in [5, 5.41) is 7.03. The van der Waals surface area contributed by atoms with Crippen LogP contribution in [-0.2, 0) is 10.0 Å². The van der Waals surface area contributed by atoms with E-state index in [2.05, 4.69) is 10.2 Å². The highest BCUT2D eigenvalue weighted by Crippen LogP contribution is 2.31. The number of carbonyl (C=O) groups excluding carboxylic acids is 1. The van der Waals surface area contributed by atoms with E-state index in [0.717, 1.165) is 18.5 Å². The number of nitrogens with zero attached hydrogens (tertiary/aromatic N) is 3. The molecule has 0 radical (unpaired) electrons. The van der Waals surface area contributed by atoms with Crippen molar-refractivity contribution in [3.05, 3.63) is 41.7 Å². The van der Waals surface area contributed by atoms with Crippen molar-refractivity contribution in [2.45, 2.75) is 37.5 Å². The van der Waals surface area contributed by atoms with Crippen molar-refractivity contribution in [3.8, 4) is 5.75 Å². The van der Waals surface area contributed by atoms with Crippen LogP contribution >= 0.6 is 0 Å². The zero-order valence-corrected chi connectivity index (χ0v) is 17.9. The van der Waals surface area contributed by atoms with Crippen molar-refractivity contribution >= 4 is 15.9 Å². The molecule has 2 aromatic rings. The summed E-state index contributed by atoms with van der Waals surface area (Å²) in [7, 11) is -2.08. The molecule has 29 heavy (non-hydrogen) atoms. The number of aromatic nitrogens is 2. The summed E-state index contributed by atoms with van der Waals surface area (Å²) in [5.41, 5.74) is 1.25. The maximum Gasteiger partial charge on any atom is 0.257 e. The molecule has 8 nitrogen and oxygen atoms in total. The highest BCUT2D eigenvalue weighted by Gasteiger charge is 2.33. The van der Waals surface area contributed by atoms with Crippen LogP contribution in [-0.4, -0.2) is 67.0 Å². The molecule has 1 aliphatic rings. The van der Waals surface area contributed by atoms with Crippen molar-refractivity contribution in [1.29, 1.82) is 0 Å². The molecule has 1 aromatic heterocycles. The van der Waals surface area contributed by atoms with Crippen LogP contribution in [0, 0.1) is 0 Å². The Kier molecular flexibility index (Phi) is 6.59. The van der Waals surface area contributed by atoms with Gasteiger partial charge in [0.05, 0.1) is 29.5 Å². The van der Waals surface area contributed by atoms with E-state index in [1.54, 1.807) is 42.5 Å². The molecule has 1 saturated heterocycles. The van der Waals surface area contributed by atoms with Gasteiger partial charge >= 0.3 is 0 Å². The van der Waals surface area contributed by atoms with Gasteiger partial charge in [-0.25, -0.2) is 8.42 Å². The second-order valence-corrected chi connectivity index (χ2v) is 8.99. The van der Waals surface area contributed by atoms with E-state index in [1.165, 1.54) is 4.31 Å². The first-order chi connectivity index (χ1) is 13.9. The van der Waals surface area contributed by atoms with Gasteiger partial charge in [-0.05, 0) is 51.0 Å². The number of hydrogen-bond acceptors (Lipinski definition) is 5. The Morgan fingerprint density at radius 1 is 1.28 bits per heavy atom. The van der Waals surface area contributed by atoms with Crippen LogP contribution in [0.25, 0.3) is 0 Å². The van der Waals surface area contributed by atoms with Crippen LogP contribution in [0.2, 0.25) is 0 Å². The van der Waals surface area contributed by atoms with Gasteiger partial charge in [0.2, 0.25) is 10.0 Å². The van der Waals surface area contributed by atoms with Crippen molar-refractivity contribution in [1.82, 2.24) is 19.4 Å². The quantitative estimate of drug-likeness (QED) is 0.742. The lowest BCUT2D eigenvalue weighted by molar-refractivity contribution is 0.0771. The monoisotopic (exact) mass is 420 g/mol. The Morgan fingerprint density at radius 3 is 2.59 bits per heavy atom. The van der Waals surface area contributed by atoms with E-state index in [9.17, 15) is 13.2 Å². The predicted molar refractivity (Wildman–Crippen MR) is 110 cm³/mol. The summed E-state index contributed by atoms with van der Waals surface area (Å²) in [4.78, 5) is 14.8. The molecule has 0 unspecified atom stereocenters. The van der Waals surface area contributed by atoms with Crippen molar-refractivity contribution in [2.24, 2.45) is 0 Å². The summed E-state index contributed by atoms with van der Waals surface area (Å²) in [6.07, 6.45) is 3.07. The van der Waals surface area contributed by atoms with E-state index in [1.807, 2.05) is 13.8 Å². The molecular weight excluding hydrogens is 392 g/mol. The Morgan fingerprint density at radius 2 is 1.97 bits per heavy atom. The number of H-pyrrole nitrogens is 1. The van der Waals surface area contributed by atoms with Crippen LogP contribution in [0.3, 0.4) is 0 Å². The molecule has 0 spiro atoms. The highest BCUT2D eigenvalue weighted by molar-refractivity contribution is 7.89. The predicted octanol–water partition coefficient (Wildman–Crippen LogP) is 2.47. The van der Waals surface area contributed by atoms with Gasteiger partial charge in [-0.15, -0.1) is 0 Å². The van der Waals surface area contributed by atoms with Crippen LogP contribution in [0.5, 0.6) is 5.75 Å². The van der Waals surface area contributed by atoms with Gasteiger partial charge in [-0.2, -0.15) is 9.40 Å². The number of nitrogens with one attached hydrogen (secondary N) is 1. The Bertz CT molecular complexity index is 936. The molecule has 158 valence electrons. The summed E-state index contributed by atoms with van der Waals surface area (Å²) in [6.45, 7) is 5.87. The first-order valence-electron chi connectivity index (χ1n) is 9.89. The number of hydrogen-bond donors (Lipinski definition) is 1. The number of aromatic amines is 1. The van der Waals surface area contributed by atoms with Crippen molar-refractivity contribution in [2.75, 3.05) is 33.3 Å². The molecule has 0 saturated carbocycles. The van der Waals surface area contributed by atoms with Crippen molar-refractivity contribution < 1.29 is 17.9 Å². The fraction of sp³-hybridized carbons (Fsp3) is 0.500. The minimum atomic E-state index is -3.62. The lowest BCUT2D eigenvalue weighted by Gasteiger charge is -2.32. The minimum absolute atomic E-state index is 0.0751. The number of methoxy groups -OCH3 is 1. The third kappa shape index (κ3) is 4.30. The first kappa shape index (κ1) is 21.3. The normalized spacial score (nSPS) is 17.8. The SMILES string of the molecule is CCN(CC)C(=O)c1cn[nH]c1[C@H]1CCCN(S(=O)(=O)c2ccc(OC)cc2)C1. The first-order valence-corrected chi connectivity index (χ1v) is 11.3. The third-order valence-corrected chi connectivity index (χ3v) is 7.32. The third-order valence-electron chi connectivity index (χ3n) is 5.44. The van der Waals surface area contributed by atoms with Crippen molar-refractivity contribution in [3.63, 3.8) is 0 Å². The highest BCUT2D eigenvalue weighted by atomic mass is 32.2. The molecule has 1 aliphatic heterocycles. The number of rotatable bonds is 7. The van der Waals surface area contributed by atoms with E-state index in [0.29, 0.717) is 37.5 Å². The molecule has 0 bridgehead atoms. The molecule has 2 heterocycles. The second-order valence-electron chi connectivity index (χ2n) is 7.05. The minimum Gasteiger partial charge on any atom is -0.497 e. The Balaban J connectivity index is 1.83. The van der Waals surface area contributed by atoms with Crippen LogP contribution in [0.15, 0.2) is 35.4 Å². The maximum atomic E-state index is 13.1. The van der Waals surface area contributed by atoms with E-state index < -0.39 is 10.0 Å². The number of carbonyl (C=O) groups is 1. The van der Waals surface area contributed by atoms with Gasteiger partial charge in [0.25, 0.3) is 5.91 Å². The average Bonchev–Trinajstić information content (AvgIpc) is 3.24. The summed E-state index contributed by atoms with van der Waals surface area (Å²) < 4.78 is 32.8. The number of benzene rings is 1. The number of piperidine rings is 1. The van der Waals surface area contributed by atoms with Gasteiger partial charge in [-0.3, -0.25) is 9.89 Å². The van der Waals surface area contributed by atoms with Crippen LogP contribution in [0.1, 0.15) is 48.7 Å². The van der Waals surface area contributed by atoms with Gasteiger partial charge < -0.3 is 9.64 Å². The summed E-state index contributed by atoms with van der Waals surface area (Å²) >= 11 is 0. The van der Waals surface area contributed by atoms with E-state index >= 15 is 0 Å². The molecule has 1 fully saturated rings. The van der Waals surface area contributed by atoms with Crippen LogP contribution in [0.4, 0.5) is 0 Å². The molecule has 1 amide bonds. The van der Waals surface area contributed by atoms with Gasteiger partial charge in [0.1, 0.15) is 5.75 Å². The largest absolute Gasteiger partial charge is 0.497 e. The average molecular weight is 421 g/mol. The molecule has 9 heteroatoms. The smallest absolute Gasteiger partial charge is 0.257 e. The van der Waals surface area contributed by atoms with E-state index in [4.69, 9.17) is 4.74 Å². The molecule has 1 N–H and O–H groups in total. The maximum absolute atomic E-state index is 13.1. The van der Waals surface area contributed by atoms with Crippen LogP contribution < -0.4 is 4.74 Å². The lowest BCUT2D eigenvalue weighted by atomic mass is 9.93. The topological polar surface area (TPSA) is 95.6 Å². The van der Waals surface area contributed by atoms with Gasteiger partial charge in [0.15, 0.2) is 0 Å². The second kappa shape index (κ2) is 8.96. The fourth-order valence-corrected chi connectivity index (χ4v) is 5.28. The molecule has 1 atom stereocenters. The standard InChI is InChI=1S/C20H28N4O4S/c1-4-23(5-2)20(25)18-13-21-22-19(18)15-7-6-12-24(14-15)29(26,27)17-10-8-16(28-3)9-11-17/h8-11,13,15H,4-7,12,14H2,1-3H3,(H,21,22)/t15-/m0/s1. The number of sulfonamides is 1. The molecular formula is C20H28N4O4S. The van der Waals surface area contributed by atoms with E-state index in [-0.39, 0.29) is 16.7 Å². The van der Waals surface area contributed by atoms with Gasteiger partial charge in [0, 0.05) is 32.1 Å². The molecule has 1 aromatic carbocycles. The number of amides is 1. The van der Waals surface area contributed by atoms with Gasteiger partial charge in [-0.1, -0.05) is 0 Å². The summed E-state index contributed by atoms with van der Waals surface area (Å²) in [6, 6.07) is 6.40. The zero-order valence-electron chi connectivity index (χ0n) is 17.1. The lowest BCUT2D eigenvalue weighted by Crippen LogP contribution is -2.40. The summed E-state index contributed by atoms with van der Waals surface area (Å²) in [5.74, 6) is 0.431. The fourth-order valence-electron chi connectivity index (χ4n) is 3.75.